The Morgan fingerprint density at radius 3 is 2.65 bits per heavy atom. The van der Waals surface area contributed by atoms with E-state index in [1.165, 1.54) is 6.20 Å². The van der Waals surface area contributed by atoms with E-state index in [0.29, 0.717) is 5.39 Å². The van der Waals surface area contributed by atoms with Gasteiger partial charge in [-0.2, -0.15) is 4.31 Å². The number of benzene rings is 1. The van der Waals surface area contributed by atoms with Crippen LogP contribution in [-0.2, 0) is 10.0 Å². The van der Waals surface area contributed by atoms with Crippen LogP contribution < -0.4 is 0 Å². The monoisotopic (exact) mass is 252 g/mol. The minimum absolute atomic E-state index is 0.219. The molecular formula is C11H12N2O3S. The van der Waals surface area contributed by atoms with Crippen LogP contribution in [0.4, 0.5) is 0 Å². The van der Waals surface area contributed by atoms with Crippen LogP contribution in [0.2, 0.25) is 0 Å². The van der Waals surface area contributed by atoms with Crippen molar-refractivity contribution in [3.8, 4) is 0 Å². The number of nitrogens with zero attached hydrogens (tertiary/aromatic N) is 1. The van der Waals surface area contributed by atoms with Crippen LogP contribution in [0.5, 0.6) is 0 Å². The molecule has 1 aliphatic rings. The SMILES string of the molecule is C[C@@H]1[C@@H](O)N1S(=O)(=O)c1c[nH]c2ccccc12. The summed E-state index contributed by atoms with van der Waals surface area (Å²) in [6.07, 6.45) is 0.575. The number of aromatic nitrogens is 1. The number of hydrogen-bond donors (Lipinski definition) is 2. The number of hydrogen-bond acceptors (Lipinski definition) is 3. The third-order valence-corrected chi connectivity index (χ3v) is 5.11. The second kappa shape index (κ2) is 3.32. The molecule has 0 radical (unpaired) electrons. The Labute approximate surface area is 98.7 Å². The van der Waals surface area contributed by atoms with E-state index in [1.54, 1.807) is 19.1 Å². The molecular weight excluding hydrogens is 240 g/mol. The number of para-hydroxylation sites is 1. The third kappa shape index (κ3) is 1.41. The Balaban J connectivity index is 2.16. The summed E-state index contributed by atoms with van der Waals surface area (Å²) >= 11 is 0. The second-order valence-electron chi connectivity index (χ2n) is 4.19. The van der Waals surface area contributed by atoms with E-state index in [1.807, 2.05) is 12.1 Å². The van der Waals surface area contributed by atoms with Gasteiger partial charge in [0, 0.05) is 17.1 Å². The summed E-state index contributed by atoms with van der Waals surface area (Å²) in [5.74, 6) is 0. The Hall–Kier alpha value is -1.37. The van der Waals surface area contributed by atoms with E-state index < -0.39 is 16.3 Å². The van der Waals surface area contributed by atoms with Crippen LogP contribution in [-0.4, -0.2) is 35.1 Å². The summed E-state index contributed by atoms with van der Waals surface area (Å²) < 4.78 is 25.6. The number of rotatable bonds is 2. The van der Waals surface area contributed by atoms with Crippen molar-refractivity contribution in [2.24, 2.45) is 0 Å². The van der Waals surface area contributed by atoms with Crippen molar-refractivity contribution in [2.75, 3.05) is 0 Å². The topological polar surface area (TPSA) is 73.2 Å². The molecule has 1 aromatic carbocycles. The van der Waals surface area contributed by atoms with Gasteiger partial charge >= 0.3 is 0 Å². The predicted molar refractivity (Wildman–Crippen MR) is 62.8 cm³/mol. The average Bonchev–Trinajstić information content (AvgIpc) is 2.77. The highest BCUT2D eigenvalue weighted by atomic mass is 32.2. The normalized spacial score (nSPS) is 28.5. The summed E-state index contributed by atoms with van der Waals surface area (Å²) in [6, 6.07) is 6.85. The van der Waals surface area contributed by atoms with Gasteiger partial charge in [0.05, 0.1) is 6.04 Å². The van der Waals surface area contributed by atoms with Gasteiger partial charge in [0.25, 0.3) is 0 Å². The molecule has 90 valence electrons. The smallest absolute Gasteiger partial charge is 0.247 e. The quantitative estimate of drug-likeness (QED) is 0.779. The lowest BCUT2D eigenvalue weighted by Gasteiger charge is -2.03. The molecule has 1 aromatic heterocycles. The Bertz CT molecular complexity index is 669. The van der Waals surface area contributed by atoms with Crippen LogP contribution in [0.25, 0.3) is 10.9 Å². The van der Waals surface area contributed by atoms with Crippen molar-refractivity contribution in [1.29, 1.82) is 0 Å². The molecule has 1 aliphatic heterocycles. The van der Waals surface area contributed by atoms with Crippen molar-refractivity contribution in [1.82, 2.24) is 9.29 Å². The second-order valence-corrected chi connectivity index (χ2v) is 6.00. The van der Waals surface area contributed by atoms with Crippen LogP contribution in [0.3, 0.4) is 0 Å². The summed E-state index contributed by atoms with van der Waals surface area (Å²) in [6.45, 7) is 1.68. The van der Waals surface area contributed by atoms with Gasteiger partial charge in [-0.15, -0.1) is 0 Å². The largest absolute Gasteiger partial charge is 0.376 e. The van der Waals surface area contributed by atoms with E-state index >= 15 is 0 Å². The van der Waals surface area contributed by atoms with Crippen LogP contribution >= 0.6 is 0 Å². The molecule has 0 amide bonds. The lowest BCUT2D eigenvalue weighted by molar-refractivity contribution is 0.241. The van der Waals surface area contributed by atoms with E-state index in [0.717, 1.165) is 9.82 Å². The molecule has 2 heterocycles. The number of aliphatic hydroxyl groups is 1. The number of H-pyrrole nitrogens is 1. The fourth-order valence-corrected chi connectivity index (χ4v) is 3.88. The van der Waals surface area contributed by atoms with Crippen molar-refractivity contribution >= 4 is 20.9 Å². The van der Waals surface area contributed by atoms with Crippen molar-refractivity contribution in [3.63, 3.8) is 0 Å². The third-order valence-electron chi connectivity index (χ3n) is 3.11. The minimum Gasteiger partial charge on any atom is -0.376 e. The van der Waals surface area contributed by atoms with Crippen molar-refractivity contribution in [2.45, 2.75) is 24.1 Å². The molecule has 0 aliphatic carbocycles. The number of fused-ring (bicyclic) bond motifs is 1. The van der Waals surface area contributed by atoms with Crippen LogP contribution in [0.1, 0.15) is 6.92 Å². The van der Waals surface area contributed by atoms with E-state index in [9.17, 15) is 13.5 Å². The fraction of sp³-hybridized carbons (Fsp3) is 0.273. The highest BCUT2D eigenvalue weighted by Crippen LogP contribution is 2.36. The van der Waals surface area contributed by atoms with Gasteiger partial charge < -0.3 is 10.1 Å². The van der Waals surface area contributed by atoms with Gasteiger partial charge in [-0.25, -0.2) is 8.42 Å². The van der Waals surface area contributed by atoms with Gasteiger partial charge in [-0.3, -0.25) is 0 Å². The first-order chi connectivity index (χ1) is 8.03. The zero-order valence-corrected chi connectivity index (χ0v) is 9.98. The summed E-state index contributed by atoms with van der Waals surface area (Å²) in [7, 11) is -3.60. The highest BCUT2D eigenvalue weighted by molar-refractivity contribution is 7.89. The lowest BCUT2D eigenvalue weighted by Crippen LogP contribution is -2.15. The number of aliphatic hydroxyl groups excluding tert-OH is 1. The van der Waals surface area contributed by atoms with E-state index in [-0.39, 0.29) is 10.9 Å². The Kier molecular flexibility index (Phi) is 2.10. The van der Waals surface area contributed by atoms with Crippen molar-refractivity contribution < 1.29 is 13.5 Å². The summed E-state index contributed by atoms with van der Waals surface area (Å²) in [4.78, 5) is 3.14. The Morgan fingerprint density at radius 2 is 2.00 bits per heavy atom. The molecule has 2 N–H and O–H groups in total. The zero-order valence-electron chi connectivity index (χ0n) is 9.16. The van der Waals surface area contributed by atoms with Gasteiger partial charge in [-0.1, -0.05) is 18.2 Å². The molecule has 2 aromatic rings. The van der Waals surface area contributed by atoms with Gasteiger partial charge in [0.1, 0.15) is 11.1 Å². The molecule has 6 heteroatoms. The maximum atomic E-state index is 12.2. The van der Waals surface area contributed by atoms with Crippen LogP contribution in [0.15, 0.2) is 35.4 Å². The minimum atomic E-state index is -3.60. The van der Waals surface area contributed by atoms with Crippen LogP contribution in [0, 0.1) is 0 Å². The number of sulfonamides is 1. The maximum absolute atomic E-state index is 12.2. The first-order valence-electron chi connectivity index (χ1n) is 5.31. The van der Waals surface area contributed by atoms with E-state index in [2.05, 4.69) is 4.98 Å². The number of aromatic amines is 1. The molecule has 1 unspecified atom stereocenters. The molecule has 1 saturated heterocycles. The molecule has 1 fully saturated rings. The van der Waals surface area contributed by atoms with Gasteiger partial charge in [0.15, 0.2) is 0 Å². The fourth-order valence-electron chi connectivity index (χ4n) is 2.04. The highest BCUT2D eigenvalue weighted by Gasteiger charge is 2.52. The molecule has 0 bridgehead atoms. The first-order valence-corrected chi connectivity index (χ1v) is 6.75. The van der Waals surface area contributed by atoms with Gasteiger partial charge in [-0.05, 0) is 13.0 Å². The van der Waals surface area contributed by atoms with Gasteiger partial charge in [0.2, 0.25) is 10.0 Å². The molecule has 3 rings (SSSR count). The molecule has 0 spiro atoms. The lowest BCUT2D eigenvalue weighted by atomic mass is 10.2. The average molecular weight is 252 g/mol. The first kappa shape index (κ1) is 10.8. The molecule has 17 heavy (non-hydrogen) atoms. The standard InChI is InChI=1S/C11H12N2O3S/c1-7-11(14)13(7)17(15,16)10-6-12-9-5-3-2-4-8(9)10/h2-7,11-12,14H,1H3/t7-,11-,13?/m1/s1. The van der Waals surface area contributed by atoms with Crippen molar-refractivity contribution in [3.05, 3.63) is 30.5 Å². The molecule has 3 atom stereocenters. The zero-order chi connectivity index (χ0) is 12.2. The van der Waals surface area contributed by atoms with E-state index in [4.69, 9.17) is 0 Å². The Morgan fingerprint density at radius 1 is 1.35 bits per heavy atom. The summed E-state index contributed by atoms with van der Waals surface area (Å²) in [5.41, 5.74) is 0.773. The maximum Gasteiger partial charge on any atom is 0.247 e. The molecule has 5 nitrogen and oxygen atoms in total. The predicted octanol–water partition coefficient (Wildman–Crippen LogP) is 0.879. The summed E-state index contributed by atoms with van der Waals surface area (Å²) in [5, 5.41) is 10.1. The number of nitrogens with one attached hydrogen (secondary N) is 1. The molecule has 0 saturated carbocycles.